The Kier molecular flexibility index (Phi) is 16.7. The Labute approximate surface area is 275 Å². The fourth-order valence-electron chi connectivity index (χ4n) is 5.98. The third kappa shape index (κ3) is 12.1. The number of rotatable bonds is 7. The lowest BCUT2D eigenvalue weighted by Gasteiger charge is -2.36. The van der Waals surface area contributed by atoms with Crippen molar-refractivity contribution in [2.45, 2.75) is 171 Å². The summed E-state index contributed by atoms with van der Waals surface area (Å²) in [5, 5.41) is 9.68. The lowest BCUT2D eigenvalue weighted by atomic mass is 9.82. The van der Waals surface area contributed by atoms with E-state index >= 15 is 0 Å². The summed E-state index contributed by atoms with van der Waals surface area (Å²) in [5.41, 5.74) is -1.56. The molecule has 48 heavy (non-hydrogen) atoms. The van der Waals surface area contributed by atoms with Crippen LogP contribution in [0.5, 0.6) is 0 Å². The number of aliphatic hydroxyl groups is 1. The Hall–Kier alpha value is -2.52. The maximum absolute atomic E-state index is 12.8. The third-order valence-corrected chi connectivity index (χ3v) is 9.43. The number of hydrogen-bond donors (Lipinski definition) is 1. The molecule has 8 nitrogen and oxygen atoms in total. The summed E-state index contributed by atoms with van der Waals surface area (Å²) in [6, 6.07) is 0. The summed E-state index contributed by atoms with van der Waals surface area (Å²) < 4.78 is 110. The molecule has 1 aliphatic heterocycles. The second-order valence-corrected chi connectivity index (χ2v) is 12.7. The van der Waals surface area contributed by atoms with Crippen LogP contribution in [0.25, 0.3) is 0 Å². The highest BCUT2D eigenvalue weighted by molar-refractivity contribution is 6.03. The highest BCUT2D eigenvalue weighted by Crippen LogP contribution is 2.41. The van der Waals surface area contributed by atoms with Crippen molar-refractivity contribution in [1.82, 2.24) is 0 Å². The van der Waals surface area contributed by atoms with E-state index in [4.69, 9.17) is 9.47 Å². The molecule has 0 bridgehead atoms. The molecule has 280 valence electrons. The minimum Gasteiger partial charge on any atom is -0.455 e. The van der Waals surface area contributed by atoms with Gasteiger partial charge in [-0.05, 0) is 83.5 Å². The summed E-state index contributed by atoms with van der Waals surface area (Å²) in [6.45, 7) is 3.82. The van der Waals surface area contributed by atoms with Gasteiger partial charge in [-0.1, -0.05) is 52.9 Å². The van der Waals surface area contributed by atoms with Gasteiger partial charge in [0, 0.05) is 0 Å². The van der Waals surface area contributed by atoms with Crippen molar-refractivity contribution in [3.8, 4) is 0 Å². The van der Waals surface area contributed by atoms with Crippen LogP contribution in [-0.2, 0) is 28.6 Å². The van der Waals surface area contributed by atoms with E-state index in [1.54, 1.807) is 6.92 Å². The van der Waals surface area contributed by atoms with E-state index in [1.165, 1.54) is 25.7 Å². The number of cyclic esters (lactones) is 2. The molecule has 0 spiro atoms. The molecule has 4 aliphatic rings. The van der Waals surface area contributed by atoms with Crippen LogP contribution in [0, 0.1) is 0 Å². The van der Waals surface area contributed by atoms with Gasteiger partial charge < -0.3 is 19.3 Å². The lowest BCUT2D eigenvalue weighted by molar-refractivity contribution is -0.193. The van der Waals surface area contributed by atoms with Crippen LogP contribution in [0.4, 0.5) is 39.9 Å². The van der Waals surface area contributed by atoms with Crippen LogP contribution < -0.4 is 0 Å². The molecule has 4 rings (SSSR count). The molecule has 4 fully saturated rings. The van der Waals surface area contributed by atoms with Crippen molar-refractivity contribution in [3.63, 3.8) is 0 Å². The van der Waals surface area contributed by atoms with Gasteiger partial charge in [-0.3, -0.25) is 0 Å². The van der Waals surface area contributed by atoms with Gasteiger partial charge in [0.05, 0.1) is 5.60 Å². The van der Waals surface area contributed by atoms with Crippen LogP contribution in [0.15, 0.2) is 0 Å². The van der Waals surface area contributed by atoms with E-state index in [1.807, 2.05) is 6.92 Å². The average molecular weight is 713 g/mol. The van der Waals surface area contributed by atoms with E-state index in [0.29, 0.717) is 19.3 Å². The van der Waals surface area contributed by atoms with Crippen molar-refractivity contribution in [1.29, 1.82) is 0 Å². The summed E-state index contributed by atoms with van der Waals surface area (Å²) in [4.78, 5) is 41.0. The highest BCUT2D eigenvalue weighted by atomic mass is 19.3. The van der Waals surface area contributed by atoms with Gasteiger partial charge in [-0.25, -0.2) is 23.6 Å². The molecule has 0 atom stereocenters. The van der Waals surface area contributed by atoms with Crippen molar-refractivity contribution in [2.24, 2.45) is 0 Å². The van der Waals surface area contributed by atoms with Crippen molar-refractivity contribution in [3.05, 3.63) is 0 Å². The van der Waals surface area contributed by atoms with Gasteiger partial charge in [0.15, 0.2) is 6.67 Å². The molecule has 0 aromatic heterocycles. The molecule has 0 aromatic carbocycles. The molecule has 0 radical (unpaired) electrons. The monoisotopic (exact) mass is 712 g/mol. The maximum atomic E-state index is 12.8. The number of halogens is 8. The first kappa shape index (κ1) is 43.5. The molecule has 0 aromatic rings. The number of hydrogen-bond acceptors (Lipinski definition) is 8. The Balaban J connectivity index is 0.000000327. The second kappa shape index (κ2) is 18.5. The number of alkyl halides is 7. The van der Waals surface area contributed by atoms with E-state index < -0.39 is 59.8 Å². The van der Waals surface area contributed by atoms with E-state index in [0.717, 1.165) is 70.6 Å². The van der Waals surface area contributed by atoms with E-state index in [2.05, 4.69) is 11.7 Å². The molecule has 16 heteroatoms. The van der Waals surface area contributed by atoms with Crippen molar-refractivity contribution >= 4 is 24.1 Å². The van der Waals surface area contributed by atoms with Crippen LogP contribution in [0.1, 0.15) is 136 Å². The Morgan fingerprint density at radius 1 is 0.688 bits per heavy atom. The highest BCUT2D eigenvalue weighted by Gasteiger charge is 2.75. The molecule has 1 saturated heterocycles. The predicted molar refractivity (Wildman–Crippen MR) is 156 cm³/mol. The number of ether oxygens (including phenoxy) is 3. The van der Waals surface area contributed by atoms with E-state index in [-0.39, 0.29) is 5.60 Å². The third-order valence-electron chi connectivity index (χ3n) is 9.43. The van der Waals surface area contributed by atoms with Gasteiger partial charge in [0.1, 0.15) is 11.2 Å². The zero-order valence-electron chi connectivity index (χ0n) is 27.8. The molecule has 1 N–H and O–H groups in total. The van der Waals surface area contributed by atoms with Gasteiger partial charge in [0.25, 0.3) is 0 Å². The molecule has 0 amide bonds. The molecule has 1 heterocycles. The lowest BCUT2D eigenvalue weighted by Crippen LogP contribution is -2.43. The normalized spacial score (nSPS) is 23.3. The second-order valence-electron chi connectivity index (χ2n) is 12.7. The van der Waals surface area contributed by atoms with Gasteiger partial charge >= 0.3 is 41.9 Å². The van der Waals surface area contributed by atoms with E-state index in [9.17, 15) is 59.4 Å². The summed E-state index contributed by atoms with van der Waals surface area (Å²) in [7, 11) is 0. The summed E-state index contributed by atoms with van der Waals surface area (Å²) >= 11 is 0. The number of carbonyl (C=O) groups excluding carboxylic acids is 4. The maximum Gasteiger partial charge on any atom is 0.495 e. The molecular weight excluding hydrogens is 664 g/mol. The van der Waals surface area contributed by atoms with Gasteiger partial charge in [-0.2, -0.15) is 26.3 Å². The van der Waals surface area contributed by atoms with Gasteiger partial charge in [0.2, 0.25) is 0 Å². The SMILES string of the molecule is CCC1(O)CCCCC1.CCC1(OC(=O)C(F)(F)CF)CCCCC1.CCC1(OC(=O)F)CCCCC1.O=C1OC(=O)C(F)(F)C1(F)F. The molecule has 0 unspecified atom stereocenters. The smallest absolute Gasteiger partial charge is 0.455 e. The topological polar surface area (TPSA) is 116 Å². The Morgan fingerprint density at radius 3 is 1.29 bits per heavy atom. The largest absolute Gasteiger partial charge is 0.495 e. The number of esters is 3. The van der Waals surface area contributed by atoms with Gasteiger partial charge in [-0.15, -0.1) is 4.39 Å². The van der Waals surface area contributed by atoms with Crippen LogP contribution in [-0.4, -0.2) is 70.5 Å². The first-order valence-corrected chi connectivity index (χ1v) is 16.5. The minimum atomic E-state index is -5.02. The summed E-state index contributed by atoms with van der Waals surface area (Å²) in [6.07, 6.45) is 15.2. The first-order chi connectivity index (χ1) is 22.2. The Bertz CT molecular complexity index is 1030. The fraction of sp³-hybridized carbons (Fsp3) is 0.875. The van der Waals surface area contributed by atoms with Crippen LogP contribution in [0.3, 0.4) is 0 Å². The quantitative estimate of drug-likeness (QED) is 0.0915. The molecule has 3 aliphatic carbocycles. The molecular formula is C32H48F8O8. The summed E-state index contributed by atoms with van der Waals surface area (Å²) in [5.74, 6) is -20.8. The van der Waals surface area contributed by atoms with Crippen molar-refractivity contribution < 1.29 is 73.6 Å². The fourth-order valence-corrected chi connectivity index (χ4v) is 5.98. The zero-order chi connectivity index (χ0) is 36.9. The standard InChI is InChI=1S/C11H17F3O2.C9H15FO2.C8H16O.C4F4O3/c1-2-10(6-4-3-5-7-10)16-9(15)11(13,14)8-12;1-2-9(12-8(10)11)6-4-3-5-7-9;1-2-8(9)6-4-3-5-7-8;5-3(6)1(9)11-2(10)4(3,7)8/h2-8H2,1H3;2-7H2,1H3;9H,2-7H2,1H3;. The van der Waals surface area contributed by atoms with Crippen LogP contribution in [0.2, 0.25) is 0 Å². The predicted octanol–water partition coefficient (Wildman–Crippen LogP) is 8.88. The van der Waals surface area contributed by atoms with Crippen LogP contribution >= 0.6 is 0 Å². The van der Waals surface area contributed by atoms with Crippen molar-refractivity contribution in [2.75, 3.05) is 6.67 Å². The number of carbonyl (C=O) groups is 4. The Morgan fingerprint density at radius 2 is 1.04 bits per heavy atom. The zero-order valence-corrected chi connectivity index (χ0v) is 27.8. The average Bonchev–Trinajstić information content (AvgIpc) is 3.19. The first-order valence-electron chi connectivity index (χ1n) is 16.5. The minimum absolute atomic E-state index is 0.280. The molecule has 3 saturated carbocycles.